The first-order valence-corrected chi connectivity index (χ1v) is 8.95. The molecule has 2 aliphatic rings. The number of carbonyl (C=O) groups is 1. The molecule has 0 aromatic rings. The number of hydrogen-bond donors (Lipinski definition) is 2. The fourth-order valence-corrected chi connectivity index (χ4v) is 3.71. The van der Waals surface area contributed by atoms with Crippen LogP contribution in [0.2, 0.25) is 0 Å². The number of nitrogens with one attached hydrogen (secondary N) is 2. The molecule has 4 nitrogen and oxygen atoms in total. The van der Waals surface area contributed by atoms with Gasteiger partial charge in [0.15, 0.2) is 0 Å². The minimum atomic E-state index is -0.00106. The molecule has 1 amide bonds. The monoisotopic (exact) mass is 295 g/mol. The molecule has 2 unspecified atom stereocenters. The molecule has 0 bridgehead atoms. The van der Waals surface area contributed by atoms with Gasteiger partial charge in [-0.2, -0.15) is 0 Å². The summed E-state index contributed by atoms with van der Waals surface area (Å²) >= 11 is 0. The van der Waals surface area contributed by atoms with Gasteiger partial charge in [-0.3, -0.25) is 9.69 Å². The second-order valence-electron chi connectivity index (χ2n) is 6.82. The highest BCUT2D eigenvalue weighted by Gasteiger charge is 2.25. The Morgan fingerprint density at radius 3 is 2.62 bits per heavy atom. The molecule has 1 saturated carbocycles. The summed E-state index contributed by atoms with van der Waals surface area (Å²) in [4.78, 5) is 14.8. The van der Waals surface area contributed by atoms with Gasteiger partial charge in [-0.25, -0.2) is 0 Å². The van der Waals surface area contributed by atoms with E-state index < -0.39 is 0 Å². The minimum absolute atomic E-state index is 0.00106. The first kappa shape index (κ1) is 16.8. The fourth-order valence-electron chi connectivity index (χ4n) is 3.71. The van der Waals surface area contributed by atoms with Gasteiger partial charge < -0.3 is 10.6 Å². The molecule has 4 heteroatoms. The van der Waals surface area contributed by atoms with E-state index in [1.54, 1.807) is 0 Å². The Kier molecular flexibility index (Phi) is 6.97. The maximum Gasteiger partial charge on any atom is 0.237 e. The maximum absolute atomic E-state index is 12.5. The normalized spacial score (nSPS) is 25.8. The molecule has 122 valence electrons. The molecule has 1 aliphatic carbocycles. The highest BCUT2D eigenvalue weighted by Crippen LogP contribution is 2.18. The number of hydrogen-bond acceptors (Lipinski definition) is 3. The van der Waals surface area contributed by atoms with E-state index in [1.807, 2.05) is 0 Å². The van der Waals surface area contributed by atoms with E-state index in [2.05, 4.69) is 29.4 Å². The lowest BCUT2D eigenvalue weighted by atomic mass is 9.95. The van der Waals surface area contributed by atoms with Crippen LogP contribution in [0.15, 0.2) is 0 Å². The zero-order valence-electron chi connectivity index (χ0n) is 13.9. The van der Waals surface area contributed by atoms with Crippen molar-refractivity contribution in [1.82, 2.24) is 15.5 Å². The van der Waals surface area contributed by atoms with Gasteiger partial charge in [-0.05, 0) is 58.2 Å². The molecule has 2 N–H and O–H groups in total. The summed E-state index contributed by atoms with van der Waals surface area (Å²) in [6, 6.07) is 0.419. The molecule has 21 heavy (non-hydrogen) atoms. The topological polar surface area (TPSA) is 44.4 Å². The van der Waals surface area contributed by atoms with E-state index in [0.717, 1.165) is 39.0 Å². The van der Waals surface area contributed by atoms with E-state index >= 15 is 0 Å². The number of nitrogens with zero attached hydrogens (tertiary/aromatic N) is 1. The Morgan fingerprint density at radius 2 is 2.00 bits per heavy atom. The van der Waals surface area contributed by atoms with Crippen LogP contribution >= 0.6 is 0 Å². The zero-order chi connectivity index (χ0) is 15.1. The van der Waals surface area contributed by atoms with Crippen LogP contribution in [0, 0.1) is 5.92 Å². The van der Waals surface area contributed by atoms with E-state index in [-0.39, 0.29) is 11.9 Å². The summed E-state index contributed by atoms with van der Waals surface area (Å²) in [6.07, 6.45) is 8.76. The van der Waals surface area contributed by atoms with Crippen molar-refractivity contribution in [3.8, 4) is 0 Å². The second kappa shape index (κ2) is 8.74. The zero-order valence-corrected chi connectivity index (χ0v) is 13.9. The lowest BCUT2D eigenvalue weighted by Gasteiger charge is -2.34. The predicted molar refractivity (Wildman–Crippen MR) is 87.3 cm³/mol. The molecule has 0 spiro atoms. The Balaban J connectivity index is 1.79. The van der Waals surface area contributed by atoms with Gasteiger partial charge in [0, 0.05) is 12.6 Å². The lowest BCUT2D eigenvalue weighted by molar-refractivity contribution is -0.127. The van der Waals surface area contributed by atoms with Gasteiger partial charge in [0.2, 0.25) is 5.91 Å². The van der Waals surface area contributed by atoms with Gasteiger partial charge in [-0.1, -0.05) is 26.2 Å². The predicted octanol–water partition coefficient (Wildman–Crippen LogP) is 2.15. The number of carbonyl (C=O) groups excluding carboxylic acids is 1. The molecule has 0 aromatic carbocycles. The molecule has 0 aromatic heterocycles. The van der Waals surface area contributed by atoms with E-state index in [4.69, 9.17) is 0 Å². The molecular weight excluding hydrogens is 262 g/mol. The van der Waals surface area contributed by atoms with Crippen molar-refractivity contribution < 1.29 is 4.79 Å². The smallest absolute Gasteiger partial charge is 0.237 e. The highest BCUT2D eigenvalue weighted by molar-refractivity contribution is 5.81. The van der Waals surface area contributed by atoms with Crippen LogP contribution in [-0.4, -0.2) is 49.1 Å². The summed E-state index contributed by atoms with van der Waals surface area (Å²) in [5.41, 5.74) is 0. The van der Waals surface area contributed by atoms with Crippen molar-refractivity contribution in [2.24, 2.45) is 5.92 Å². The van der Waals surface area contributed by atoms with Crippen molar-refractivity contribution in [2.45, 2.75) is 70.9 Å². The summed E-state index contributed by atoms with van der Waals surface area (Å²) in [6.45, 7) is 8.49. The van der Waals surface area contributed by atoms with E-state index in [0.29, 0.717) is 12.0 Å². The SMILES string of the molecule is CCN(CC1CCCNC1)C(C)C(=O)NC1CCCCC1. The summed E-state index contributed by atoms with van der Waals surface area (Å²) < 4.78 is 0. The number of amides is 1. The Hall–Kier alpha value is -0.610. The van der Waals surface area contributed by atoms with Gasteiger partial charge in [0.25, 0.3) is 0 Å². The number of rotatable bonds is 6. The molecule has 1 saturated heterocycles. The van der Waals surface area contributed by atoms with Crippen LogP contribution in [0.25, 0.3) is 0 Å². The van der Waals surface area contributed by atoms with Crippen LogP contribution < -0.4 is 10.6 Å². The van der Waals surface area contributed by atoms with Crippen LogP contribution in [0.4, 0.5) is 0 Å². The molecule has 2 fully saturated rings. The third kappa shape index (κ3) is 5.26. The van der Waals surface area contributed by atoms with Crippen molar-refractivity contribution in [1.29, 1.82) is 0 Å². The van der Waals surface area contributed by atoms with Crippen LogP contribution in [0.5, 0.6) is 0 Å². The summed E-state index contributed by atoms with van der Waals surface area (Å²) in [5.74, 6) is 0.927. The molecular formula is C17H33N3O. The minimum Gasteiger partial charge on any atom is -0.352 e. The third-order valence-corrected chi connectivity index (χ3v) is 5.18. The average Bonchev–Trinajstić information content (AvgIpc) is 2.54. The van der Waals surface area contributed by atoms with Crippen LogP contribution in [0.1, 0.15) is 58.8 Å². The standard InChI is InChI=1S/C17H33N3O/c1-3-20(13-15-8-7-11-18-12-15)14(2)17(21)19-16-9-5-4-6-10-16/h14-16,18H,3-13H2,1-2H3,(H,19,21). The van der Waals surface area contributed by atoms with Crippen molar-refractivity contribution >= 4 is 5.91 Å². The van der Waals surface area contributed by atoms with Gasteiger partial charge in [0.1, 0.15) is 0 Å². The molecule has 2 rings (SSSR count). The van der Waals surface area contributed by atoms with Gasteiger partial charge in [-0.15, -0.1) is 0 Å². The molecule has 1 heterocycles. The first-order valence-electron chi connectivity index (χ1n) is 8.95. The van der Waals surface area contributed by atoms with Crippen LogP contribution in [-0.2, 0) is 4.79 Å². The maximum atomic E-state index is 12.5. The summed E-state index contributed by atoms with van der Waals surface area (Å²) in [5, 5.41) is 6.75. The fraction of sp³-hybridized carbons (Fsp3) is 0.941. The molecule has 0 radical (unpaired) electrons. The van der Waals surface area contributed by atoms with Gasteiger partial charge >= 0.3 is 0 Å². The number of piperidine rings is 1. The second-order valence-corrected chi connectivity index (χ2v) is 6.82. The van der Waals surface area contributed by atoms with Crippen molar-refractivity contribution in [3.05, 3.63) is 0 Å². The van der Waals surface area contributed by atoms with Gasteiger partial charge in [0.05, 0.1) is 6.04 Å². The van der Waals surface area contributed by atoms with Crippen molar-refractivity contribution in [3.63, 3.8) is 0 Å². The summed E-state index contributed by atoms with van der Waals surface area (Å²) in [7, 11) is 0. The quantitative estimate of drug-likeness (QED) is 0.789. The Bertz CT molecular complexity index is 309. The Labute approximate surface area is 130 Å². The lowest BCUT2D eigenvalue weighted by Crippen LogP contribution is -2.50. The third-order valence-electron chi connectivity index (χ3n) is 5.18. The molecule has 2 atom stereocenters. The molecule has 1 aliphatic heterocycles. The van der Waals surface area contributed by atoms with E-state index in [9.17, 15) is 4.79 Å². The van der Waals surface area contributed by atoms with Crippen molar-refractivity contribution in [2.75, 3.05) is 26.2 Å². The largest absolute Gasteiger partial charge is 0.352 e. The van der Waals surface area contributed by atoms with E-state index in [1.165, 1.54) is 32.1 Å². The first-order chi connectivity index (χ1) is 10.2. The number of likely N-dealkylation sites (N-methyl/N-ethyl adjacent to an activating group) is 1. The Morgan fingerprint density at radius 1 is 1.24 bits per heavy atom. The van der Waals surface area contributed by atoms with Crippen LogP contribution in [0.3, 0.4) is 0 Å². The average molecular weight is 295 g/mol. The highest BCUT2D eigenvalue weighted by atomic mass is 16.2.